The largest absolute Gasteiger partial charge is 0.306 e. The minimum atomic E-state index is 0.400. The van der Waals surface area contributed by atoms with Crippen molar-refractivity contribution in [1.29, 1.82) is 0 Å². The molecule has 1 atom stereocenters. The van der Waals surface area contributed by atoms with Crippen molar-refractivity contribution in [3.8, 4) is 0 Å². The number of hydrogen-bond donors (Lipinski definition) is 0. The molecule has 1 aromatic heterocycles. The molecule has 3 nitrogen and oxygen atoms in total. The van der Waals surface area contributed by atoms with Gasteiger partial charge in [-0.05, 0) is 33.0 Å². The van der Waals surface area contributed by atoms with Crippen molar-refractivity contribution in [2.24, 2.45) is 0 Å². The maximum Gasteiger partial charge on any atom is 0.143 e. The standard InChI is InChI=1S/C11H16ClN3/c1-8-5-10(14-11(6-12)13-8)9-3-4-15(2)7-9/h5,9H,3-4,6-7H2,1-2H3. The fourth-order valence-corrected chi connectivity index (χ4v) is 2.22. The highest BCUT2D eigenvalue weighted by Gasteiger charge is 2.22. The number of hydrogen-bond acceptors (Lipinski definition) is 3. The van der Waals surface area contributed by atoms with Gasteiger partial charge in [0, 0.05) is 23.9 Å². The van der Waals surface area contributed by atoms with Gasteiger partial charge in [-0.15, -0.1) is 11.6 Å². The van der Waals surface area contributed by atoms with Crippen LogP contribution in [0.25, 0.3) is 0 Å². The van der Waals surface area contributed by atoms with Crippen molar-refractivity contribution >= 4 is 11.6 Å². The van der Waals surface area contributed by atoms with Crippen LogP contribution in [0.2, 0.25) is 0 Å². The Labute approximate surface area is 95.5 Å². The lowest BCUT2D eigenvalue weighted by Crippen LogP contribution is -2.14. The lowest BCUT2D eigenvalue weighted by Gasteiger charge is -2.11. The molecule has 1 saturated heterocycles. The van der Waals surface area contributed by atoms with Crippen molar-refractivity contribution in [3.05, 3.63) is 23.3 Å². The van der Waals surface area contributed by atoms with E-state index in [0.717, 1.165) is 30.3 Å². The zero-order valence-electron chi connectivity index (χ0n) is 9.20. The molecule has 2 rings (SSSR count). The SMILES string of the molecule is Cc1cc(C2CCN(C)C2)nc(CCl)n1. The average molecular weight is 226 g/mol. The molecule has 1 unspecified atom stereocenters. The van der Waals surface area contributed by atoms with E-state index in [4.69, 9.17) is 11.6 Å². The van der Waals surface area contributed by atoms with Crippen molar-refractivity contribution in [2.45, 2.75) is 25.1 Å². The normalized spacial score (nSPS) is 22.2. The molecule has 0 spiro atoms. The van der Waals surface area contributed by atoms with Gasteiger partial charge >= 0.3 is 0 Å². The van der Waals surface area contributed by atoms with Crippen LogP contribution in [0.5, 0.6) is 0 Å². The third kappa shape index (κ3) is 2.47. The van der Waals surface area contributed by atoms with Crippen molar-refractivity contribution in [3.63, 3.8) is 0 Å². The van der Waals surface area contributed by atoms with Crippen LogP contribution in [0.3, 0.4) is 0 Å². The van der Waals surface area contributed by atoms with Gasteiger partial charge in [0.2, 0.25) is 0 Å². The first-order valence-corrected chi connectivity index (χ1v) is 5.81. The summed E-state index contributed by atoms with van der Waals surface area (Å²) in [6.07, 6.45) is 1.19. The summed E-state index contributed by atoms with van der Waals surface area (Å²) in [6.45, 7) is 4.25. The fraction of sp³-hybridized carbons (Fsp3) is 0.636. The van der Waals surface area contributed by atoms with E-state index in [9.17, 15) is 0 Å². The average Bonchev–Trinajstić information content (AvgIpc) is 2.64. The second kappa shape index (κ2) is 4.45. The van der Waals surface area contributed by atoms with Gasteiger partial charge < -0.3 is 4.90 Å². The van der Waals surface area contributed by atoms with Crippen LogP contribution in [0.15, 0.2) is 6.07 Å². The summed E-state index contributed by atoms with van der Waals surface area (Å²) >= 11 is 5.77. The molecular formula is C11H16ClN3. The van der Waals surface area contributed by atoms with Gasteiger partial charge in [-0.1, -0.05) is 0 Å². The Hall–Kier alpha value is -0.670. The number of rotatable bonds is 2. The molecule has 1 aliphatic rings. The van der Waals surface area contributed by atoms with Crippen molar-refractivity contribution < 1.29 is 0 Å². The molecule has 0 radical (unpaired) electrons. The number of aryl methyl sites for hydroxylation is 1. The third-order valence-corrected chi connectivity index (χ3v) is 3.09. The second-order valence-corrected chi connectivity index (χ2v) is 4.50. The maximum atomic E-state index is 5.77. The molecule has 1 aromatic rings. The molecule has 15 heavy (non-hydrogen) atoms. The highest BCUT2D eigenvalue weighted by atomic mass is 35.5. The molecule has 0 amide bonds. The van der Waals surface area contributed by atoms with Gasteiger partial charge in [-0.25, -0.2) is 9.97 Å². The molecule has 2 heterocycles. The Morgan fingerprint density at radius 2 is 2.33 bits per heavy atom. The number of alkyl halides is 1. The summed E-state index contributed by atoms with van der Waals surface area (Å²) in [6, 6.07) is 2.08. The molecule has 1 aliphatic heterocycles. The van der Waals surface area contributed by atoms with Gasteiger partial charge in [-0.2, -0.15) is 0 Å². The van der Waals surface area contributed by atoms with Gasteiger partial charge in [0.25, 0.3) is 0 Å². The Kier molecular flexibility index (Phi) is 3.22. The predicted molar refractivity (Wildman–Crippen MR) is 61.2 cm³/mol. The molecule has 1 fully saturated rings. The second-order valence-electron chi connectivity index (χ2n) is 4.23. The first-order valence-electron chi connectivity index (χ1n) is 5.28. The molecular weight excluding hydrogens is 210 g/mol. The van der Waals surface area contributed by atoms with E-state index in [1.54, 1.807) is 0 Å². The zero-order chi connectivity index (χ0) is 10.8. The van der Waals surface area contributed by atoms with E-state index in [1.165, 1.54) is 6.42 Å². The van der Waals surface area contributed by atoms with E-state index in [0.29, 0.717) is 11.8 Å². The van der Waals surface area contributed by atoms with Crippen LogP contribution in [0.1, 0.15) is 29.6 Å². The van der Waals surface area contributed by atoms with Crippen molar-refractivity contribution in [2.75, 3.05) is 20.1 Å². The molecule has 0 N–H and O–H groups in total. The summed E-state index contributed by atoms with van der Waals surface area (Å²) in [7, 11) is 2.15. The summed E-state index contributed by atoms with van der Waals surface area (Å²) < 4.78 is 0. The first kappa shape index (κ1) is 10.8. The van der Waals surface area contributed by atoms with E-state index in [2.05, 4.69) is 28.0 Å². The van der Waals surface area contributed by atoms with Crippen LogP contribution in [0.4, 0.5) is 0 Å². The van der Waals surface area contributed by atoms with Crippen LogP contribution in [0, 0.1) is 6.92 Å². The Morgan fingerprint density at radius 1 is 1.53 bits per heavy atom. The van der Waals surface area contributed by atoms with Crippen LogP contribution in [-0.2, 0) is 5.88 Å². The Balaban J connectivity index is 2.24. The van der Waals surface area contributed by atoms with Gasteiger partial charge in [0.05, 0.1) is 5.88 Å². The smallest absolute Gasteiger partial charge is 0.143 e. The minimum Gasteiger partial charge on any atom is -0.306 e. The number of halogens is 1. The lowest BCUT2D eigenvalue weighted by atomic mass is 10.0. The van der Waals surface area contributed by atoms with Gasteiger partial charge in [0.1, 0.15) is 5.82 Å². The van der Waals surface area contributed by atoms with E-state index in [-0.39, 0.29) is 0 Å². The van der Waals surface area contributed by atoms with Crippen molar-refractivity contribution in [1.82, 2.24) is 14.9 Å². The van der Waals surface area contributed by atoms with E-state index >= 15 is 0 Å². The van der Waals surface area contributed by atoms with E-state index < -0.39 is 0 Å². The Bertz CT molecular complexity index is 354. The number of aromatic nitrogens is 2. The number of likely N-dealkylation sites (N-methyl/N-ethyl adjacent to an activating group) is 1. The molecule has 0 bridgehead atoms. The van der Waals surface area contributed by atoms with Crippen LogP contribution >= 0.6 is 11.6 Å². The highest BCUT2D eigenvalue weighted by Crippen LogP contribution is 2.25. The topological polar surface area (TPSA) is 29.0 Å². The van der Waals surface area contributed by atoms with Crippen LogP contribution in [-0.4, -0.2) is 35.0 Å². The monoisotopic (exact) mass is 225 g/mol. The molecule has 0 aliphatic carbocycles. The van der Waals surface area contributed by atoms with Gasteiger partial charge in [-0.3, -0.25) is 0 Å². The molecule has 0 aromatic carbocycles. The molecule has 0 saturated carbocycles. The number of nitrogens with zero attached hydrogens (tertiary/aromatic N) is 3. The maximum absolute atomic E-state index is 5.77. The third-order valence-electron chi connectivity index (χ3n) is 2.85. The lowest BCUT2D eigenvalue weighted by molar-refractivity contribution is 0.410. The number of likely N-dealkylation sites (tertiary alicyclic amines) is 1. The molecule has 4 heteroatoms. The highest BCUT2D eigenvalue weighted by molar-refractivity contribution is 6.16. The predicted octanol–water partition coefficient (Wildman–Crippen LogP) is 1.94. The minimum absolute atomic E-state index is 0.400. The fourth-order valence-electron chi connectivity index (χ4n) is 2.10. The summed E-state index contributed by atoms with van der Waals surface area (Å²) in [5, 5.41) is 0. The first-order chi connectivity index (χ1) is 7.19. The van der Waals surface area contributed by atoms with E-state index in [1.807, 2.05) is 6.92 Å². The molecule has 82 valence electrons. The summed E-state index contributed by atoms with van der Waals surface area (Å²) in [5.41, 5.74) is 2.17. The Morgan fingerprint density at radius 3 is 2.93 bits per heavy atom. The quantitative estimate of drug-likeness (QED) is 0.721. The summed E-state index contributed by atoms with van der Waals surface area (Å²) in [5.74, 6) is 1.71. The van der Waals surface area contributed by atoms with Crippen LogP contribution < -0.4 is 0 Å². The summed E-state index contributed by atoms with van der Waals surface area (Å²) in [4.78, 5) is 11.1. The zero-order valence-corrected chi connectivity index (χ0v) is 9.96. The van der Waals surface area contributed by atoms with Gasteiger partial charge in [0.15, 0.2) is 0 Å².